The van der Waals surface area contributed by atoms with Crippen LogP contribution in [0, 0.1) is 6.92 Å². The van der Waals surface area contributed by atoms with Gasteiger partial charge in [-0.05, 0) is 48.6 Å². The van der Waals surface area contributed by atoms with Crippen molar-refractivity contribution in [2.24, 2.45) is 5.73 Å². The standard InChI is InChI=1S/C20H26N2O4/c1-4-5-10-26-18-11-14(7-9-19(23)22(3)25)6-8-15-13(2)16(20(21)24)12-17(15)18/h6,8,11-12,25H,4-5,7,9-10H2,1-3H3,(H2,21,24). The van der Waals surface area contributed by atoms with E-state index in [1.165, 1.54) is 7.05 Å². The van der Waals surface area contributed by atoms with E-state index < -0.39 is 5.91 Å². The molecule has 0 fully saturated rings. The molecule has 26 heavy (non-hydrogen) atoms. The fraction of sp³-hybridized carbons (Fsp3) is 0.400. The molecule has 0 unspecified atom stereocenters. The van der Waals surface area contributed by atoms with Gasteiger partial charge in [0.1, 0.15) is 5.75 Å². The maximum absolute atomic E-state index is 11.7. The summed E-state index contributed by atoms with van der Waals surface area (Å²) >= 11 is 0. The summed E-state index contributed by atoms with van der Waals surface area (Å²) in [6.45, 7) is 4.52. The summed E-state index contributed by atoms with van der Waals surface area (Å²) in [7, 11) is 1.32. The molecule has 0 aromatic rings. The number of hydroxylamine groups is 2. The van der Waals surface area contributed by atoms with Crippen molar-refractivity contribution in [2.45, 2.75) is 39.5 Å². The number of hydrogen-bond donors (Lipinski definition) is 2. The third-order valence-corrected chi connectivity index (χ3v) is 4.44. The van der Waals surface area contributed by atoms with Gasteiger partial charge in [-0.3, -0.25) is 14.8 Å². The summed E-state index contributed by atoms with van der Waals surface area (Å²) in [6, 6.07) is 7.50. The van der Waals surface area contributed by atoms with Crippen LogP contribution in [-0.4, -0.2) is 35.7 Å². The Hall–Kier alpha value is -2.60. The van der Waals surface area contributed by atoms with Gasteiger partial charge < -0.3 is 10.5 Å². The van der Waals surface area contributed by atoms with Gasteiger partial charge in [0.05, 0.1) is 6.61 Å². The number of fused-ring (bicyclic) bond motifs is 1. The first-order valence-corrected chi connectivity index (χ1v) is 8.79. The molecule has 0 aromatic heterocycles. The predicted molar refractivity (Wildman–Crippen MR) is 99.6 cm³/mol. The second-order valence-corrected chi connectivity index (χ2v) is 6.41. The smallest absolute Gasteiger partial charge is 0.249 e. The number of rotatable bonds is 8. The van der Waals surface area contributed by atoms with E-state index in [2.05, 4.69) is 6.92 Å². The lowest BCUT2D eigenvalue weighted by Gasteiger charge is -2.09. The van der Waals surface area contributed by atoms with Crippen LogP contribution in [0.15, 0.2) is 24.3 Å². The molecule has 6 nitrogen and oxygen atoms in total. The average molecular weight is 358 g/mol. The topological polar surface area (TPSA) is 92.9 Å². The van der Waals surface area contributed by atoms with E-state index in [4.69, 9.17) is 10.5 Å². The zero-order chi connectivity index (χ0) is 19.3. The second-order valence-electron chi connectivity index (χ2n) is 6.41. The van der Waals surface area contributed by atoms with E-state index in [1.807, 2.05) is 25.1 Å². The lowest BCUT2D eigenvalue weighted by Crippen LogP contribution is -2.22. The van der Waals surface area contributed by atoms with Crippen LogP contribution in [0.5, 0.6) is 5.75 Å². The number of amides is 2. The van der Waals surface area contributed by atoms with Crippen molar-refractivity contribution in [3.05, 3.63) is 41.0 Å². The minimum absolute atomic E-state index is 0.196. The highest BCUT2D eigenvalue weighted by Crippen LogP contribution is 2.38. The normalized spacial score (nSPS) is 10.8. The van der Waals surface area contributed by atoms with Crippen molar-refractivity contribution in [3.8, 4) is 16.9 Å². The number of ether oxygens (including phenoxy) is 1. The molecule has 0 heterocycles. The molecule has 0 aromatic carbocycles. The van der Waals surface area contributed by atoms with Gasteiger partial charge in [-0.15, -0.1) is 0 Å². The van der Waals surface area contributed by atoms with E-state index in [-0.39, 0.29) is 12.3 Å². The summed E-state index contributed by atoms with van der Waals surface area (Å²) in [5, 5.41) is 9.80. The Balaban J connectivity index is 2.42. The van der Waals surface area contributed by atoms with Crippen molar-refractivity contribution in [1.29, 1.82) is 0 Å². The first-order valence-electron chi connectivity index (χ1n) is 8.79. The molecule has 6 heteroatoms. The summed E-state index contributed by atoms with van der Waals surface area (Å²) in [4.78, 5) is 23.3. The Morgan fingerprint density at radius 1 is 1.23 bits per heavy atom. The number of nitrogens with two attached hydrogens (primary N) is 1. The third kappa shape index (κ3) is 4.52. The molecule has 0 radical (unpaired) electrons. The van der Waals surface area contributed by atoms with E-state index in [0.29, 0.717) is 29.4 Å². The van der Waals surface area contributed by atoms with Gasteiger partial charge in [-0.2, -0.15) is 0 Å². The summed E-state index contributed by atoms with van der Waals surface area (Å²) in [6.07, 6.45) is 2.61. The Kier molecular flexibility index (Phi) is 6.58. The molecule has 0 saturated heterocycles. The first-order chi connectivity index (χ1) is 12.3. The molecule has 2 amide bonds. The van der Waals surface area contributed by atoms with Crippen molar-refractivity contribution in [3.63, 3.8) is 0 Å². The maximum Gasteiger partial charge on any atom is 0.249 e. The molecule has 0 aliphatic heterocycles. The van der Waals surface area contributed by atoms with Crippen LogP contribution in [0.3, 0.4) is 0 Å². The van der Waals surface area contributed by atoms with Crippen LogP contribution >= 0.6 is 0 Å². The summed E-state index contributed by atoms with van der Waals surface area (Å²) < 4.78 is 5.97. The van der Waals surface area contributed by atoms with Crippen molar-refractivity contribution in [1.82, 2.24) is 5.06 Å². The fourth-order valence-electron chi connectivity index (χ4n) is 2.85. The molecular formula is C20H26N2O4. The number of primary amides is 1. The van der Waals surface area contributed by atoms with Crippen LogP contribution in [0.2, 0.25) is 0 Å². The van der Waals surface area contributed by atoms with Gasteiger partial charge in [0, 0.05) is 24.6 Å². The largest absolute Gasteiger partial charge is 0.493 e. The fourth-order valence-corrected chi connectivity index (χ4v) is 2.85. The highest BCUT2D eigenvalue weighted by Gasteiger charge is 2.19. The molecule has 2 aliphatic rings. The molecule has 3 N–H and O–H groups in total. The van der Waals surface area contributed by atoms with Gasteiger partial charge in [0.15, 0.2) is 0 Å². The molecule has 2 aliphatic carbocycles. The van der Waals surface area contributed by atoms with Gasteiger partial charge in [-0.25, -0.2) is 5.06 Å². The van der Waals surface area contributed by atoms with Crippen LogP contribution in [0.1, 0.15) is 47.7 Å². The van der Waals surface area contributed by atoms with Crippen LogP contribution < -0.4 is 10.5 Å². The van der Waals surface area contributed by atoms with E-state index in [0.717, 1.165) is 35.1 Å². The number of carbonyl (C=O) groups excluding carboxylic acids is 2. The van der Waals surface area contributed by atoms with Gasteiger partial charge >= 0.3 is 0 Å². The van der Waals surface area contributed by atoms with Crippen LogP contribution in [-0.2, 0) is 11.2 Å². The zero-order valence-electron chi connectivity index (χ0n) is 15.5. The minimum Gasteiger partial charge on any atom is -0.493 e. The molecule has 0 atom stereocenters. The van der Waals surface area contributed by atoms with Gasteiger partial charge in [0.2, 0.25) is 11.8 Å². The predicted octanol–water partition coefficient (Wildman–Crippen LogP) is 3.16. The monoisotopic (exact) mass is 358 g/mol. The van der Waals surface area contributed by atoms with Gasteiger partial charge in [0.25, 0.3) is 0 Å². The molecule has 0 spiro atoms. The summed E-state index contributed by atoms with van der Waals surface area (Å²) in [5.74, 6) is -0.136. The summed E-state index contributed by atoms with van der Waals surface area (Å²) in [5.41, 5.74) is 9.45. The Morgan fingerprint density at radius 3 is 2.58 bits per heavy atom. The number of aryl methyl sites for hydroxylation is 1. The van der Waals surface area contributed by atoms with Crippen LogP contribution in [0.25, 0.3) is 11.1 Å². The number of unbranched alkanes of at least 4 members (excludes halogenated alkanes) is 1. The van der Waals surface area contributed by atoms with Crippen molar-refractivity contribution in [2.75, 3.05) is 13.7 Å². The highest BCUT2D eigenvalue weighted by molar-refractivity contribution is 6.00. The third-order valence-electron chi connectivity index (χ3n) is 4.44. The number of carbonyl (C=O) groups is 2. The van der Waals surface area contributed by atoms with Crippen molar-refractivity contribution < 1.29 is 19.5 Å². The quantitative estimate of drug-likeness (QED) is 0.431. The van der Waals surface area contributed by atoms with E-state index in [9.17, 15) is 14.8 Å². The zero-order valence-corrected chi connectivity index (χ0v) is 15.5. The Labute approximate surface area is 153 Å². The Bertz CT molecular complexity index is 771. The average Bonchev–Trinajstić information content (AvgIpc) is 2.81. The highest BCUT2D eigenvalue weighted by atomic mass is 16.5. The lowest BCUT2D eigenvalue weighted by molar-refractivity contribution is -0.159. The molecular weight excluding hydrogens is 332 g/mol. The van der Waals surface area contributed by atoms with Gasteiger partial charge in [-0.1, -0.05) is 25.5 Å². The number of hydrogen-bond acceptors (Lipinski definition) is 4. The molecule has 0 bridgehead atoms. The Morgan fingerprint density at radius 2 is 1.96 bits per heavy atom. The van der Waals surface area contributed by atoms with E-state index in [1.54, 1.807) is 6.07 Å². The SMILES string of the molecule is CCCCOc1cc(CCC(=O)N(C)O)ccc2c(C)c(C(N)=O)cc1-2. The van der Waals surface area contributed by atoms with E-state index >= 15 is 0 Å². The van der Waals surface area contributed by atoms with Crippen molar-refractivity contribution >= 4 is 11.8 Å². The molecule has 0 saturated carbocycles. The molecule has 2 rings (SSSR count). The lowest BCUT2D eigenvalue weighted by atomic mass is 10.1. The second kappa shape index (κ2) is 8.67. The van der Waals surface area contributed by atoms with Crippen LogP contribution in [0.4, 0.5) is 0 Å². The number of nitrogens with zero attached hydrogens (tertiary/aromatic N) is 1. The first kappa shape index (κ1) is 19.7. The molecule has 140 valence electrons. The maximum atomic E-state index is 11.7. The minimum atomic E-state index is -0.460.